The normalized spacial score (nSPS) is 11.0. The molecule has 0 radical (unpaired) electrons. The summed E-state index contributed by atoms with van der Waals surface area (Å²) in [5.41, 5.74) is 7.83. The largest absolute Gasteiger partial charge is 0.438 e. The second-order valence-electron chi connectivity index (χ2n) is 3.35. The van der Waals surface area contributed by atoms with E-state index in [1.165, 1.54) is 0 Å². The lowest BCUT2D eigenvalue weighted by Crippen LogP contribution is -1.93. The van der Waals surface area contributed by atoms with Crippen molar-refractivity contribution in [3.63, 3.8) is 0 Å². The molecule has 0 saturated heterocycles. The molecule has 2 N–H and O–H groups in total. The van der Waals surface area contributed by atoms with Crippen LogP contribution in [0.15, 0.2) is 22.6 Å². The van der Waals surface area contributed by atoms with E-state index in [2.05, 4.69) is 11.9 Å². The average molecular weight is 206 g/mol. The molecule has 15 heavy (non-hydrogen) atoms. The molecule has 0 atom stereocenters. The number of fused-ring (bicyclic) bond motifs is 1. The maximum absolute atomic E-state index is 5.76. The van der Waals surface area contributed by atoms with Gasteiger partial charge in [-0.1, -0.05) is 13.0 Å². The Kier molecular flexibility index (Phi) is 2.87. The van der Waals surface area contributed by atoms with Crippen LogP contribution in [-0.2, 0) is 11.3 Å². The van der Waals surface area contributed by atoms with E-state index < -0.39 is 0 Å². The number of nitrogen functional groups attached to an aromatic ring is 1. The maximum Gasteiger partial charge on any atom is 0.221 e. The smallest absolute Gasteiger partial charge is 0.221 e. The lowest BCUT2D eigenvalue weighted by atomic mass is 10.3. The Morgan fingerprint density at radius 1 is 1.47 bits per heavy atom. The van der Waals surface area contributed by atoms with Gasteiger partial charge in [-0.15, -0.1) is 0 Å². The number of oxazole rings is 1. The molecule has 1 aromatic heterocycles. The van der Waals surface area contributed by atoms with Gasteiger partial charge >= 0.3 is 0 Å². The number of ether oxygens (including phenoxy) is 1. The minimum Gasteiger partial charge on any atom is -0.438 e. The number of para-hydroxylation sites is 1. The average Bonchev–Trinajstić information content (AvgIpc) is 2.63. The van der Waals surface area contributed by atoms with Crippen LogP contribution >= 0.6 is 0 Å². The summed E-state index contributed by atoms with van der Waals surface area (Å²) in [6, 6.07) is 5.50. The highest BCUT2D eigenvalue weighted by molar-refractivity contribution is 5.85. The molecule has 1 aromatic carbocycles. The van der Waals surface area contributed by atoms with Gasteiger partial charge < -0.3 is 14.9 Å². The van der Waals surface area contributed by atoms with Crippen LogP contribution in [0.25, 0.3) is 11.1 Å². The number of rotatable bonds is 4. The van der Waals surface area contributed by atoms with Crippen molar-refractivity contribution < 1.29 is 9.15 Å². The molecule has 4 heteroatoms. The molecule has 0 aliphatic rings. The van der Waals surface area contributed by atoms with Crippen LogP contribution in [-0.4, -0.2) is 11.6 Å². The highest BCUT2D eigenvalue weighted by Crippen LogP contribution is 2.21. The molecule has 2 rings (SSSR count). The number of aromatic nitrogens is 1. The quantitative estimate of drug-likeness (QED) is 0.616. The fraction of sp³-hybridized carbons (Fsp3) is 0.364. The number of nitrogens with zero attached hydrogens (tertiary/aromatic N) is 1. The first-order valence-corrected chi connectivity index (χ1v) is 5.03. The molecular formula is C11H14N2O2. The van der Waals surface area contributed by atoms with Crippen molar-refractivity contribution in [3.8, 4) is 0 Å². The summed E-state index contributed by atoms with van der Waals surface area (Å²) in [5.74, 6) is 0.580. The summed E-state index contributed by atoms with van der Waals surface area (Å²) in [7, 11) is 0. The van der Waals surface area contributed by atoms with Crippen LogP contribution in [0.2, 0.25) is 0 Å². The zero-order chi connectivity index (χ0) is 10.7. The maximum atomic E-state index is 5.76. The molecule has 0 unspecified atom stereocenters. The summed E-state index contributed by atoms with van der Waals surface area (Å²) in [6.07, 6.45) is 0.988. The van der Waals surface area contributed by atoms with Gasteiger partial charge in [-0.25, -0.2) is 4.98 Å². The van der Waals surface area contributed by atoms with Gasteiger partial charge in [0.2, 0.25) is 5.89 Å². The van der Waals surface area contributed by atoms with Gasteiger partial charge in [0.05, 0.1) is 5.69 Å². The van der Waals surface area contributed by atoms with Gasteiger partial charge in [-0.05, 0) is 18.6 Å². The summed E-state index contributed by atoms with van der Waals surface area (Å²) < 4.78 is 10.8. The molecule has 4 nitrogen and oxygen atoms in total. The van der Waals surface area contributed by atoms with E-state index in [0.29, 0.717) is 35.9 Å². The highest BCUT2D eigenvalue weighted by Gasteiger charge is 2.07. The monoisotopic (exact) mass is 206 g/mol. The molecule has 0 aliphatic carbocycles. The predicted octanol–water partition coefficient (Wildman–Crippen LogP) is 2.34. The first-order valence-electron chi connectivity index (χ1n) is 5.03. The zero-order valence-corrected chi connectivity index (χ0v) is 8.69. The summed E-state index contributed by atoms with van der Waals surface area (Å²) >= 11 is 0. The van der Waals surface area contributed by atoms with Crippen molar-refractivity contribution in [3.05, 3.63) is 24.1 Å². The van der Waals surface area contributed by atoms with Crippen molar-refractivity contribution in [2.75, 3.05) is 12.3 Å². The SMILES string of the molecule is CCCOCc1nc2c(N)cccc2o1. The van der Waals surface area contributed by atoms with Gasteiger partial charge in [-0.2, -0.15) is 0 Å². The van der Waals surface area contributed by atoms with E-state index in [-0.39, 0.29) is 0 Å². The predicted molar refractivity (Wildman–Crippen MR) is 58.4 cm³/mol. The number of benzene rings is 1. The lowest BCUT2D eigenvalue weighted by Gasteiger charge is -1.96. The minimum absolute atomic E-state index is 0.405. The standard InChI is InChI=1S/C11H14N2O2/c1-2-6-14-7-10-13-11-8(12)4-3-5-9(11)15-10/h3-5H,2,6-7,12H2,1H3. The van der Waals surface area contributed by atoms with Crippen molar-refractivity contribution in [1.82, 2.24) is 4.98 Å². The second-order valence-corrected chi connectivity index (χ2v) is 3.35. The lowest BCUT2D eigenvalue weighted by molar-refractivity contribution is 0.104. The molecule has 80 valence electrons. The molecule has 0 aliphatic heterocycles. The summed E-state index contributed by atoms with van der Waals surface area (Å²) in [6.45, 7) is 3.18. The highest BCUT2D eigenvalue weighted by atomic mass is 16.5. The molecule has 1 heterocycles. The van der Waals surface area contributed by atoms with E-state index in [0.717, 1.165) is 6.42 Å². The zero-order valence-electron chi connectivity index (χ0n) is 8.69. The van der Waals surface area contributed by atoms with Gasteiger partial charge in [0.1, 0.15) is 12.1 Å². The number of anilines is 1. The molecule has 0 fully saturated rings. The number of hydrogen-bond donors (Lipinski definition) is 1. The topological polar surface area (TPSA) is 61.3 Å². The molecule has 0 spiro atoms. The van der Waals surface area contributed by atoms with Crippen LogP contribution in [0.4, 0.5) is 5.69 Å². The van der Waals surface area contributed by atoms with E-state index >= 15 is 0 Å². The molecule has 0 bridgehead atoms. The Bertz CT molecular complexity index is 451. The minimum atomic E-state index is 0.405. The fourth-order valence-corrected chi connectivity index (χ4v) is 1.38. The van der Waals surface area contributed by atoms with Crippen molar-refractivity contribution in [2.24, 2.45) is 0 Å². The van der Waals surface area contributed by atoms with Crippen LogP contribution in [0.1, 0.15) is 19.2 Å². The summed E-state index contributed by atoms with van der Waals surface area (Å²) in [5, 5.41) is 0. The molecule has 2 aromatic rings. The van der Waals surface area contributed by atoms with E-state index in [4.69, 9.17) is 14.9 Å². The van der Waals surface area contributed by atoms with Crippen LogP contribution in [0.5, 0.6) is 0 Å². The van der Waals surface area contributed by atoms with Crippen molar-refractivity contribution in [1.29, 1.82) is 0 Å². The van der Waals surface area contributed by atoms with Crippen LogP contribution in [0, 0.1) is 0 Å². The van der Waals surface area contributed by atoms with Gasteiger partial charge in [0, 0.05) is 6.61 Å². The fourth-order valence-electron chi connectivity index (χ4n) is 1.38. The van der Waals surface area contributed by atoms with Crippen molar-refractivity contribution >= 4 is 16.8 Å². The van der Waals surface area contributed by atoms with Gasteiger partial charge in [0.15, 0.2) is 5.58 Å². The van der Waals surface area contributed by atoms with E-state index in [1.54, 1.807) is 0 Å². The third-order valence-electron chi connectivity index (χ3n) is 2.07. The van der Waals surface area contributed by atoms with Gasteiger partial charge in [0.25, 0.3) is 0 Å². The van der Waals surface area contributed by atoms with Gasteiger partial charge in [-0.3, -0.25) is 0 Å². The Balaban J connectivity index is 2.20. The van der Waals surface area contributed by atoms with Crippen LogP contribution < -0.4 is 5.73 Å². The number of hydrogen-bond acceptors (Lipinski definition) is 4. The van der Waals surface area contributed by atoms with E-state index in [1.807, 2.05) is 18.2 Å². The molecular weight excluding hydrogens is 192 g/mol. The Labute approximate surface area is 88.0 Å². The third-order valence-corrected chi connectivity index (χ3v) is 2.07. The number of nitrogens with two attached hydrogens (primary N) is 1. The first-order chi connectivity index (χ1) is 7.31. The Hall–Kier alpha value is -1.55. The molecule has 0 saturated carbocycles. The Morgan fingerprint density at radius 2 is 2.33 bits per heavy atom. The second kappa shape index (κ2) is 4.31. The van der Waals surface area contributed by atoms with Crippen LogP contribution in [0.3, 0.4) is 0 Å². The Morgan fingerprint density at radius 3 is 3.07 bits per heavy atom. The molecule has 0 amide bonds. The van der Waals surface area contributed by atoms with E-state index in [9.17, 15) is 0 Å². The summed E-state index contributed by atoms with van der Waals surface area (Å²) in [4.78, 5) is 4.27. The first kappa shape index (κ1) is 9.98. The van der Waals surface area contributed by atoms with Crippen molar-refractivity contribution in [2.45, 2.75) is 20.0 Å². The third kappa shape index (κ3) is 2.10.